The van der Waals surface area contributed by atoms with Crippen molar-refractivity contribution in [3.8, 4) is 0 Å². The summed E-state index contributed by atoms with van der Waals surface area (Å²) in [6, 6.07) is 15.3. The number of fused-ring (bicyclic) bond motifs is 4. The molecule has 5 rings (SSSR count). The molecule has 6 nitrogen and oxygen atoms in total. The largest absolute Gasteiger partial charge is 0.348 e. The van der Waals surface area contributed by atoms with Gasteiger partial charge in [-0.15, -0.1) is 0 Å². The van der Waals surface area contributed by atoms with Crippen LogP contribution in [0.3, 0.4) is 0 Å². The Bertz CT molecular complexity index is 1050. The van der Waals surface area contributed by atoms with Crippen molar-refractivity contribution in [1.29, 1.82) is 0 Å². The summed E-state index contributed by atoms with van der Waals surface area (Å²) in [6.45, 7) is 1.82. The van der Waals surface area contributed by atoms with Gasteiger partial charge in [0.2, 0.25) is 11.8 Å². The fraction of sp³-hybridized carbons (Fsp3) is 0.375. The minimum Gasteiger partial charge on any atom is -0.348 e. The molecule has 1 saturated heterocycles. The number of carbonyl (C=O) groups excluding carboxylic acids is 3. The highest BCUT2D eigenvalue weighted by Crippen LogP contribution is 2.43. The molecule has 2 aliphatic heterocycles. The molecule has 0 bridgehead atoms. The maximum absolute atomic E-state index is 13.3. The van der Waals surface area contributed by atoms with E-state index in [1.807, 2.05) is 31.2 Å². The summed E-state index contributed by atoms with van der Waals surface area (Å²) in [6.07, 6.45) is 3.83. The van der Waals surface area contributed by atoms with Crippen LogP contribution in [0.2, 0.25) is 0 Å². The molecule has 0 aromatic heterocycles. The van der Waals surface area contributed by atoms with Gasteiger partial charge < -0.3 is 10.2 Å². The Hall–Kier alpha value is -3.15. The van der Waals surface area contributed by atoms with Gasteiger partial charge in [-0.25, -0.2) is 0 Å². The van der Waals surface area contributed by atoms with E-state index in [4.69, 9.17) is 0 Å². The Kier molecular flexibility index (Phi) is 4.38. The lowest BCUT2D eigenvalue weighted by molar-refractivity contribution is -0.124. The molecule has 154 valence electrons. The molecule has 6 heteroatoms. The number of aryl methyl sites for hydroxylation is 1. The van der Waals surface area contributed by atoms with Gasteiger partial charge in [-0.3, -0.25) is 19.3 Å². The lowest BCUT2D eigenvalue weighted by Gasteiger charge is -2.48. The topological polar surface area (TPSA) is 69.7 Å². The van der Waals surface area contributed by atoms with E-state index in [0.717, 1.165) is 24.8 Å². The van der Waals surface area contributed by atoms with Gasteiger partial charge in [0, 0.05) is 6.42 Å². The van der Waals surface area contributed by atoms with E-state index in [1.54, 1.807) is 21.9 Å². The zero-order chi connectivity index (χ0) is 20.9. The second-order valence-electron chi connectivity index (χ2n) is 8.57. The number of carbonyl (C=O) groups is 3. The monoisotopic (exact) mass is 403 g/mol. The Morgan fingerprint density at radius 2 is 1.87 bits per heavy atom. The van der Waals surface area contributed by atoms with E-state index in [1.165, 1.54) is 5.56 Å². The summed E-state index contributed by atoms with van der Waals surface area (Å²) in [5, 5.41) is 3.14. The standard InChI is InChI=1S/C24H25N3O3/c1-24-14-13-22(29)27(24)20-12-5-4-10-18(20)23(30)26(24)15-21(28)25-19-11-6-8-16-7-2-3-9-17(16)19/h2-5,7,9-10,12,19H,6,8,11,13-15H2,1H3,(H,25,28)/t19-,24-/m1/s1. The van der Waals surface area contributed by atoms with Crippen molar-refractivity contribution in [2.45, 2.75) is 50.7 Å². The predicted molar refractivity (Wildman–Crippen MR) is 113 cm³/mol. The van der Waals surface area contributed by atoms with Crippen LogP contribution in [0.4, 0.5) is 5.69 Å². The molecule has 2 aromatic carbocycles. The number of hydrogen-bond acceptors (Lipinski definition) is 3. The number of amides is 3. The van der Waals surface area contributed by atoms with Crippen molar-refractivity contribution in [2.24, 2.45) is 0 Å². The molecule has 2 atom stereocenters. The quantitative estimate of drug-likeness (QED) is 0.856. The van der Waals surface area contributed by atoms with Crippen LogP contribution in [0, 0.1) is 0 Å². The molecular formula is C24H25N3O3. The number of nitrogens with one attached hydrogen (secondary N) is 1. The van der Waals surface area contributed by atoms with Gasteiger partial charge in [-0.1, -0.05) is 36.4 Å². The first-order valence-corrected chi connectivity index (χ1v) is 10.6. The number of hydrogen-bond donors (Lipinski definition) is 1. The van der Waals surface area contributed by atoms with Gasteiger partial charge >= 0.3 is 0 Å². The molecule has 2 aromatic rings. The molecule has 2 heterocycles. The zero-order valence-corrected chi connectivity index (χ0v) is 17.1. The highest BCUT2D eigenvalue weighted by molar-refractivity contribution is 6.11. The van der Waals surface area contributed by atoms with Gasteiger partial charge in [-0.05, 0) is 55.9 Å². The first kappa shape index (κ1) is 18.9. The molecule has 3 aliphatic rings. The summed E-state index contributed by atoms with van der Waals surface area (Å²) in [5.74, 6) is -0.396. The number of benzene rings is 2. The fourth-order valence-corrected chi connectivity index (χ4v) is 5.23. The maximum Gasteiger partial charge on any atom is 0.258 e. The number of rotatable bonds is 3. The van der Waals surface area contributed by atoms with E-state index >= 15 is 0 Å². The smallest absolute Gasteiger partial charge is 0.258 e. The molecule has 0 radical (unpaired) electrons. The lowest BCUT2D eigenvalue weighted by atomic mass is 9.87. The van der Waals surface area contributed by atoms with Crippen molar-refractivity contribution in [3.05, 3.63) is 65.2 Å². The average molecular weight is 403 g/mol. The third kappa shape index (κ3) is 2.82. The second kappa shape index (κ2) is 6.97. The van der Waals surface area contributed by atoms with E-state index in [9.17, 15) is 14.4 Å². The molecule has 30 heavy (non-hydrogen) atoms. The van der Waals surface area contributed by atoms with Crippen LogP contribution < -0.4 is 10.2 Å². The van der Waals surface area contributed by atoms with Crippen LogP contribution in [0.5, 0.6) is 0 Å². The lowest BCUT2D eigenvalue weighted by Crippen LogP contribution is -2.64. The van der Waals surface area contributed by atoms with Crippen LogP contribution in [-0.4, -0.2) is 34.8 Å². The molecule has 1 aliphatic carbocycles. The molecule has 1 fully saturated rings. The maximum atomic E-state index is 13.3. The number of para-hydroxylation sites is 1. The third-order valence-electron chi connectivity index (χ3n) is 6.75. The van der Waals surface area contributed by atoms with Crippen molar-refractivity contribution < 1.29 is 14.4 Å². The fourth-order valence-electron chi connectivity index (χ4n) is 5.23. The average Bonchev–Trinajstić information content (AvgIpc) is 3.07. The number of anilines is 1. The van der Waals surface area contributed by atoms with Gasteiger partial charge in [0.1, 0.15) is 12.2 Å². The van der Waals surface area contributed by atoms with E-state index < -0.39 is 5.66 Å². The Labute approximate surface area is 175 Å². The van der Waals surface area contributed by atoms with E-state index in [2.05, 4.69) is 17.4 Å². The normalized spacial score (nSPS) is 24.9. The molecule has 0 saturated carbocycles. The SMILES string of the molecule is C[C@]12CCC(=O)N1c1ccccc1C(=O)N2CC(=O)N[C@@H]1CCCc2ccccc21. The van der Waals surface area contributed by atoms with Crippen molar-refractivity contribution in [3.63, 3.8) is 0 Å². The molecule has 0 unspecified atom stereocenters. The van der Waals surface area contributed by atoms with Crippen molar-refractivity contribution >= 4 is 23.4 Å². The molecule has 3 amide bonds. The van der Waals surface area contributed by atoms with Crippen LogP contribution in [0.1, 0.15) is 60.1 Å². The van der Waals surface area contributed by atoms with Crippen LogP contribution in [0.25, 0.3) is 0 Å². The summed E-state index contributed by atoms with van der Waals surface area (Å²) >= 11 is 0. The molecule has 1 N–H and O–H groups in total. The van der Waals surface area contributed by atoms with Crippen molar-refractivity contribution in [1.82, 2.24) is 10.2 Å². The first-order chi connectivity index (χ1) is 14.5. The Morgan fingerprint density at radius 3 is 2.73 bits per heavy atom. The summed E-state index contributed by atoms with van der Waals surface area (Å²) < 4.78 is 0. The minimum absolute atomic E-state index is 0.0101. The van der Waals surface area contributed by atoms with Gasteiger partial charge in [0.25, 0.3) is 5.91 Å². The summed E-state index contributed by atoms with van der Waals surface area (Å²) in [7, 11) is 0. The van der Waals surface area contributed by atoms with Crippen molar-refractivity contribution in [2.75, 3.05) is 11.4 Å². The van der Waals surface area contributed by atoms with Crippen LogP contribution >= 0.6 is 0 Å². The number of nitrogens with zero attached hydrogens (tertiary/aromatic N) is 2. The van der Waals surface area contributed by atoms with Gasteiger partial charge in [0.05, 0.1) is 17.3 Å². The Balaban J connectivity index is 1.41. The highest BCUT2D eigenvalue weighted by atomic mass is 16.2. The van der Waals surface area contributed by atoms with Crippen LogP contribution in [0.15, 0.2) is 48.5 Å². The second-order valence-corrected chi connectivity index (χ2v) is 8.57. The third-order valence-corrected chi connectivity index (χ3v) is 6.75. The summed E-state index contributed by atoms with van der Waals surface area (Å²) in [4.78, 5) is 42.3. The van der Waals surface area contributed by atoms with E-state index in [0.29, 0.717) is 24.1 Å². The van der Waals surface area contributed by atoms with Gasteiger partial charge in [0.15, 0.2) is 0 Å². The molecular weight excluding hydrogens is 378 g/mol. The Morgan fingerprint density at radius 1 is 1.10 bits per heavy atom. The van der Waals surface area contributed by atoms with Gasteiger partial charge in [-0.2, -0.15) is 0 Å². The highest BCUT2D eigenvalue weighted by Gasteiger charge is 2.53. The molecule has 0 spiro atoms. The zero-order valence-electron chi connectivity index (χ0n) is 17.1. The summed E-state index contributed by atoms with van der Waals surface area (Å²) in [5.41, 5.74) is 2.74. The predicted octanol–water partition coefficient (Wildman–Crippen LogP) is 3.18. The first-order valence-electron chi connectivity index (χ1n) is 10.6. The van der Waals surface area contributed by atoms with E-state index in [-0.39, 0.29) is 30.3 Å². The minimum atomic E-state index is -0.815. The van der Waals surface area contributed by atoms with Crippen LogP contribution in [-0.2, 0) is 16.0 Å².